The molecule has 0 bridgehead atoms. The number of carbonyl (C=O) groups excluding carboxylic acids is 1. The predicted molar refractivity (Wildman–Crippen MR) is 127 cm³/mol. The molecular formula is C22H26Br2N2O4. The Morgan fingerprint density at radius 1 is 1.07 bits per heavy atom. The van der Waals surface area contributed by atoms with Crippen molar-refractivity contribution in [1.82, 2.24) is 5.32 Å². The van der Waals surface area contributed by atoms with Crippen molar-refractivity contribution < 1.29 is 19.4 Å². The first kappa shape index (κ1) is 24.2. The number of carboxylic acids is 1. The number of benzene rings is 2. The number of halogens is 2. The third-order valence-electron chi connectivity index (χ3n) is 4.57. The van der Waals surface area contributed by atoms with E-state index in [0.717, 1.165) is 40.6 Å². The van der Waals surface area contributed by atoms with Gasteiger partial charge in [-0.25, -0.2) is 0 Å². The third kappa shape index (κ3) is 6.47. The van der Waals surface area contributed by atoms with Crippen molar-refractivity contribution in [3.8, 4) is 11.5 Å². The Bertz CT molecular complexity index is 858. The number of nitrogens with one attached hydrogen (secondary N) is 1. The van der Waals surface area contributed by atoms with Gasteiger partial charge in [-0.2, -0.15) is 0 Å². The minimum Gasteiger partial charge on any atom is -0.480 e. The minimum atomic E-state index is -1.08. The van der Waals surface area contributed by atoms with Gasteiger partial charge in [0.2, 0.25) is 0 Å². The van der Waals surface area contributed by atoms with Crippen LogP contribution in [0.4, 0.5) is 5.69 Å². The van der Waals surface area contributed by atoms with Gasteiger partial charge in [0.05, 0.1) is 0 Å². The van der Waals surface area contributed by atoms with E-state index in [-0.39, 0.29) is 0 Å². The fourth-order valence-corrected chi connectivity index (χ4v) is 3.86. The Kier molecular flexibility index (Phi) is 9.17. The van der Waals surface area contributed by atoms with Crippen LogP contribution in [0.2, 0.25) is 0 Å². The van der Waals surface area contributed by atoms with Gasteiger partial charge in [0.15, 0.2) is 0 Å². The molecule has 6 nitrogen and oxygen atoms in total. The summed E-state index contributed by atoms with van der Waals surface area (Å²) in [7, 11) is 0. The summed E-state index contributed by atoms with van der Waals surface area (Å²) in [4.78, 5) is 25.5. The van der Waals surface area contributed by atoms with Crippen molar-refractivity contribution in [3.63, 3.8) is 0 Å². The summed E-state index contributed by atoms with van der Waals surface area (Å²) in [6.07, 6.45) is 0. The molecule has 2 aromatic rings. The van der Waals surface area contributed by atoms with Gasteiger partial charge in [-0.05, 0) is 68.3 Å². The zero-order chi connectivity index (χ0) is 22.3. The number of ether oxygens (including phenoxy) is 1. The number of nitrogens with zero attached hydrogens (tertiary/aromatic N) is 1. The molecule has 0 heterocycles. The monoisotopic (exact) mass is 540 g/mol. The number of carboxylic acid groups (broad SMARTS) is 1. The van der Waals surface area contributed by atoms with Gasteiger partial charge in [-0.15, -0.1) is 0 Å². The maximum absolute atomic E-state index is 12.3. The highest BCUT2D eigenvalue weighted by Gasteiger charge is 2.17. The van der Waals surface area contributed by atoms with Gasteiger partial charge in [0.25, 0.3) is 5.91 Å². The van der Waals surface area contributed by atoms with Crippen LogP contribution in [0.1, 0.15) is 28.4 Å². The fraction of sp³-hybridized carbons (Fsp3) is 0.364. The van der Waals surface area contributed by atoms with Crippen LogP contribution in [0.5, 0.6) is 11.5 Å². The molecule has 2 rings (SSSR count). The topological polar surface area (TPSA) is 78.9 Å². The Balaban J connectivity index is 2.17. The van der Waals surface area contributed by atoms with Crippen LogP contribution in [-0.2, 0) is 4.79 Å². The lowest BCUT2D eigenvalue weighted by Gasteiger charge is -2.23. The second kappa shape index (κ2) is 11.4. The highest BCUT2D eigenvalue weighted by Crippen LogP contribution is 2.31. The summed E-state index contributed by atoms with van der Waals surface area (Å²) >= 11 is 6.98. The summed E-state index contributed by atoms with van der Waals surface area (Å²) < 4.78 is 6.09. The summed E-state index contributed by atoms with van der Waals surface area (Å²) in [6, 6.07) is 10.4. The summed E-state index contributed by atoms with van der Waals surface area (Å²) in [5, 5.41) is 13.2. The van der Waals surface area contributed by atoms with Crippen LogP contribution in [0.25, 0.3) is 0 Å². The molecule has 0 aromatic heterocycles. The number of rotatable bonds is 10. The molecule has 0 radical (unpaired) electrons. The number of amides is 1. The smallest absolute Gasteiger partial charge is 0.325 e. The van der Waals surface area contributed by atoms with E-state index in [4.69, 9.17) is 9.84 Å². The standard InChI is InChI=1S/C22H26Br2N2O4/c1-14-12-17(21(27)25-16(3)22(28)29)13-15(2)20(14)30-19-6-4-18(5-7-19)26(10-8-23)11-9-24/h4-7,12-13,16H,8-11H2,1-3H3,(H,25,27)(H,28,29)/t16-/m0/s1. The maximum Gasteiger partial charge on any atom is 0.325 e. The number of hydrogen-bond acceptors (Lipinski definition) is 4. The first-order valence-electron chi connectivity index (χ1n) is 9.56. The molecule has 0 fully saturated rings. The molecule has 0 aliphatic rings. The van der Waals surface area contributed by atoms with Crippen LogP contribution < -0.4 is 15.0 Å². The molecule has 162 valence electrons. The zero-order valence-electron chi connectivity index (χ0n) is 17.2. The van der Waals surface area contributed by atoms with Crippen LogP contribution in [0.15, 0.2) is 36.4 Å². The molecule has 0 saturated heterocycles. The first-order valence-corrected chi connectivity index (χ1v) is 11.8. The van der Waals surface area contributed by atoms with Gasteiger partial charge < -0.3 is 20.1 Å². The normalized spacial score (nSPS) is 11.6. The van der Waals surface area contributed by atoms with E-state index in [1.165, 1.54) is 6.92 Å². The second-order valence-corrected chi connectivity index (χ2v) is 8.52. The Hall–Kier alpha value is -2.06. The quantitative estimate of drug-likeness (QED) is 0.418. The summed E-state index contributed by atoms with van der Waals surface area (Å²) in [5.41, 5.74) is 3.12. The van der Waals surface area contributed by atoms with Gasteiger partial charge in [0, 0.05) is 35.0 Å². The first-order chi connectivity index (χ1) is 14.3. The molecule has 1 amide bonds. The lowest BCUT2D eigenvalue weighted by atomic mass is 10.0. The van der Waals surface area contributed by atoms with Crippen molar-refractivity contribution in [2.24, 2.45) is 0 Å². The molecule has 1 atom stereocenters. The van der Waals surface area contributed by atoms with E-state index in [9.17, 15) is 9.59 Å². The van der Waals surface area contributed by atoms with Crippen molar-refractivity contribution >= 4 is 49.4 Å². The van der Waals surface area contributed by atoms with Crippen LogP contribution in [0, 0.1) is 13.8 Å². The number of hydrogen-bond donors (Lipinski definition) is 2. The highest BCUT2D eigenvalue weighted by atomic mass is 79.9. The van der Waals surface area contributed by atoms with E-state index in [1.54, 1.807) is 12.1 Å². The average Bonchev–Trinajstić information content (AvgIpc) is 2.70. The lowest BCUT2D eigenvalue weighted by molar-refractivity contribution is -0.138. The minimum absolute atomic E-state index is 0.404. The highest BCUT2D eigenvalue weighted by molar-refractivity contribution is 9.09. The van der Waals surface area contributed by atoms with Crippen LogP contribution >= 0.6 is 31.9 Å². The molecule has 0 unspecified atom stereocenters. The molecule has 2 aromatic carbocycles. The molecule has 8 heteroatoms. The van der Waals surface area contributed by atoms with Crippen molar-refractivity contribution in [3.05, 3.63) is 53.1 Å². The molecule has 0 aliphatic heterocycles. The summed E-state index contributed by atoms with van der Waals surface area (Å²) in [5.74, 6) is -0.112. The molecule has 0 spiro atoms. The van der Waals surface area contributed by atoms with Crippen molar-refractivity contribution in [1.29, 1.82) is 0 Å². The summed E-state index contributed by atoms with van der Waals surface area (Å²) in [6.45, 7) is 6.98. The largest absolute Gasteiger partial charge is 0.480 e. The number of carbonyl (C=O) groups is 2. The van der Waals surface area contributed by atoms with Gasteiger partial charge in [0.1, 0.15) is 17.5 Å². The second-order valence-electron chi connectivity index (χ2n) is 6.93. The Morgan fingerprint density at radius 3 is 2.07 bits per heavy atom. The number of aliphatic carboxylic acids is 1. The SMILES string of the molecule is Cc1cc(C(=O)N[C@@H](C)C(=O)O)cc(C)c1Oc1ccc(N(CCBr)CCBr)cc1. The van der Waals surface area contributed by atoms with E-state index in [0.29, 0.717) is 17.1 Å². The van der Waals surface area contributed by atoms with Gasteiger partial charge >= 0.3 is 5.97 Å². The predicted octanol–water partition coefficient (Wildman–Crippen LogP) is 4.89. The van der Waals surface area contributed by atoms with E-state index >= 15 is 0 Å². The number of aryl methyl sites for hydroxylation is 2. The maximum atomic E-state index is 12.3. The van der Waals surface area contributed by atoms with E-state index < -0.39 is 17.9 Å². The van der Waals surface area contributed by atoms with Crippen LogP contribution in [-0.4, -0.2) is 46.8 Å². The molecule has 0 saturated carbocycles. The molecule has 2 N–H and O–H groups in total. The lowest BCUT2D eigenvalue weighted by Crippen LogP contribution is -2.38. The molecule has 0 aliphatic carbocycles. The van der Waals surface area contributed by atoms with Crippen LogP contribution in [0.3, 0.4) is 0 Å². The third-order valence-corrected chi connectivity index (χ3v) is 5.28. The van der Waals surface area contributed by atoms with Gasteiger partial charge in [-0.1, -0.05) is 31.9 Å². The average molecular weight is 542 g/mol. The Labute approximate surface area is 193 Å². The van der Waals surface area contributed by atoms with Crippen molar-refractivity contribution in [2.45, 2.75) is 26.8 Å². The van der Waals surface area contributed by atoms with E-state index in [1.807, 2.05) is 38.1 Å². The fourth-order valence-electron chi connectivity index (χ4n) is 3.00. The number of alkyl halides is 2. The molecule has 30 heavy (non-hydrogen) atoms. The van der Waals surface area contributed by atoms with Crippen molar-refractivity contribution in [2.75, 3.05) is 28.6 Å². The van der Waals surface area contributed by atoms with Gasteiger partial charge in [-0.3, -0.25) is 9.59 Å². The number of anilines is 1. The Morgan fingerprint density at radius 2 is 1.60 bits per heavy atom. The molecular weight excluding hydrogens is 516 g/mol. The van der Waals surface area contributed by atoms with E-state index in [2.05, 4.69) is 42.1 Å². The zero-order valence-corrected chi connectivity index (χ0v) is 20.4.